The number of likely N-dealkylation sites (tertiary alicyclic amines) is 1. The molecule has 0 bridgehead atoms. The van der Waals surface area contributed by atoms with Crippen LogP contribution >= 0.6 is 24.0 Å². The number of nitrogens with zero attached hydrogens (tertiary/aromatic N) is 1. The van der Waals surface area contributed by atoms with Gasteiger partial charge in [0.25, 0.3) is 0 Å². The quantitative estimate of drug-likeness (QED) is 0.919. The Hall–Kier alpha value is -0.840. The van der Waals surface area contributed by atoms with Gasteiger partial charge in [-0.05, 0) is 38.3 Å². The summed E-state index contributed by atoms with van der Waals surface area (Å²) in [5.41, 5.74) is 6.18. The van der Waals surface area contributed by atoms with Crippen LogP contribution in [0.2, 0.25) is 5.02 Å². The van der Waals surface area contributed by atoms with E-state index in [4.69, 9.17) is 17.3 Å². The third-order valence-electron chi connectivity index (χ3n) is 3.70. The minimum atomic E-state index is -0.302. The molecule has 2 N–H and O–H groups in total. The summed E-state index contributed by atoms with van der Waals surface area (Å²) in [6.07, 6.45) is 2.63. The van der Waals surface area contributed by atoms with Crippen LogP contribution in [0.3, 0.4) is 0 Å². The van der Waals surface area contributed by atoms with E-state index in [1.165, 1.54) is 6.07 Å². The van der Waals surface area contributed by atoms with Crippen molar-refractivity contribution in [1.29, 1.82) is 0 Å². The molecule has 1 aromatic rings. The summed E-state index contributed by atoms with van der Waals surface area (Å²) in [5, 5.41) is 0.427. The number of carbonyl (C=O) groups is 1. The van der Waals surface area contributed by atoms with Crippen LogP contribution in [-0.4, -0.2) is 29.4 Å². The van der Waals surface area contributed by atoms with E-state index < -0.39 is 0 Å². The fourth-order valence-electron chi connectivity index (χ4n) is 2.73. The molecular weight excluding hydrogens is 314 g/mol. The van der Waals surface area contributed by atoms with Crippen LogP contribution in [0.1, 0.15) is 31.7 Å². The maximum Gasteiger partial charge on any atom is 0.224 e. The first-order valence-corrected chi connectivity index (χ1v) is 7.34. The lowest BCUT2D eigenvalue weighted by atomic mass is 10.0. The Labute approximate surface area is 136 Å². The number of carbonyl (C=O) groups excluding carboxylic acids is 1. The zero-order chi connectivity index (χ0) is 14.7. The van der Waals surface area contributed by atoms with Crippen molar-refractivity contribution in [2.45, 2.75) is 44.7 Å². The molecule has 0 radical (unpaired) electrons. The molecule has 6 heteroatoms. The van der Waals surface area contributed by atoms with Crippen molar-refractivity contribution < 1.29 is 9.18 Å². The molecule has 2 rings (SSSR count). The highest BCUT2D eigenvalue weighted by Gasteiger charge is 2.30. The Bertz CT molecular complexity index is 476. The molecule has 0 saturated carbocycles. The van der Waals surface area contributed by atoms with E-state index in [1.807, 2.05) is 11.8 Å². The number of hydrogen-bond acceptors (Lipinski definition) is 2. The predicted octanol–water partition coefficient (Wildman–Crippen LogP) is 3.17. The summed E-state index contributed by atoms with van der Waals surface area (Å²) in [5.74, 6) is -0.251. The first-order chi connectivity index (χ1) is 9.49. The molecule has 1 fully saturated rings. The Morgan fingerprint density at radius 3 is 2.90 bits per heavy atom. The smallest absolute Gasteiger partial charge is 0.224 e. The molecule has 1 aliphatic rings. The molecule has 21 heavy (non-hydrogen) atoms. The highest BCUT2D eigenvalue weighted by atomic mass is 35.5. The molecular formula is C15H21Cl2FN2O. The van der Waals surface area contributed by atoms with Crippen molar-refractivity contribution in [3.8, 4) is 0 Å². The van der Waals surface area contributed by atoms with E-state index >= 15 is 0 Å². The lowest BCUT2D eigenvalue weighted by Crippen LogP contribution is -2.39. The summed E-state index contributed by atoms with van der Waals surface area (Å²) in [6.45, 7) is 2.54. The highest BCUT2D eigenvalue weighted by molar-refractivity contribution is 6.31. The molecule has 1 aliphatic heterocycles. The minimum absolute atomic E-state index is 0. The fraction of sp³-hybridized carbons (Fsp3) is 0.533. The van der Waals surface area contributed by atoms with Gasteiger partial charge in [-0.15, -0.1) is 12.4 Å². The topological polar surface area (TPSA) is 46.3 Å². The molecule has 3 nitrogen and oxygen atoms in total. The van der Waals surface area contributed by atoms with Crippen molar-refractivity contribution >= 4 is 29.9 Å². The van der Waals surface area contributed by atoms with Crippen molar-refractivity contribution in [3.63, 3.8) is 0 Å². The standard InChI is InChI=1S/C15H20ClFN2O.ClH/c1-10(18)8-15(20)19-7-3-4-11(19)9-12-13(16)5-2-6-14(12)17;/h2,5-6,10-11H,3-4,7-9,18H2,1H3;1H. The molecule has 1 heterocycles. The van der Waals surface area contributed by atoms with Gasteiger partial charge in [-0.25, -0.2) is 4.39 Å². The fourth-order valence-corrected chi connectivity index (χ4v) is 2.97. The Balaban J connectivity index is 0.00000220. The van der Waals surface area contributed by atoms with Crippen LogP contribution in [0, 0.1) is 5.82 Å². The van der Waals surface area contributed by atoms with Gasteiger partial charge in [0, 0.05) is 35.6 Å². The third kappa shape index (κ3) is 4.56. The highest BCUT2D eigenvalue weighted by Crippen LogP contribution is 2.27. The van der Waals surface area contributed by atoms with Gasteiger partial charge in [0.1, 0.15) is 5.82 Å². The Morgan fingerprint density at radius 1 is 1.57 bits per heavy atom. The van der Waals surface area contributed by atoms with Gasteiger partial charge in [0.2, 0.25) is 5.91 Å². The summed E-state index contributed by atoms with van der Waals surface area (Å²) in [6, 6.07) is 4.55. The van der Waals surface area contributed by atoms with E-state index in [2.05, 4.69) is 0 Å². The second-order valence-electron chi connectivity index (χ2n) is 5.47. The second kappa shape index (κ2) is 7.97. The number of benzene rings is 1. The number of amides is 1. The second-order valence-corrected chi connectivity index (χ2v) is 5.88. The van der Waals surface area contributed by atoms with Crippen molar-refractivity contribution in [1.82, 2.24) is 4.90 Å². The lowest BCUT2D eigenvalue weighted by Gasteiger charge is -2.26. The molecule has 1 aromatic carbocycles. The molecule has 118 valence electrons. The van der Waals surface area contributed by atoms with Gasteiger partial charge in [-0.1, -0.05) is 17.7 Å². The minimum Gasteiger partial charge on any atom is -0.339 e. The molecule has 1 amide bonds. The van der Waals surface area contributed by atoms with E-state index in [0.29, 0.717) is 23.4 Å². The van der Waals surface area contributed by atoms with Crippen molar-refractivity contribution in [2.75, 3.05) is 6.54 Å². The summed E-state index contributed by atoms with van der Waals surface area (Å²) in [7, 11) is 0. The number of halogens is 3. The lowest BCUT2D eigenvalue weighted by molar-refractivity contribution is -0.132. The average Bonchev–Trinajstić information content (AvgIpc) is 2.81. The first-order valence-electron chi connectivity index (χ1n) is 6.97. The van der Waals surface area contributed by atoms with Gasteiger partial charge in [-0.3, -0.25) is 4.79 Å². The first kappa shape index (κ1) is 18.2. The van der Waals surface area contributed by atoms with Gasteiger partial charge in [-0.2, -0.15) is 0 Å². The van der Waals surface area contributed by atoms with E-state index in [-0.39, 0.29) is 36.2 Å². The van der Waals surface area contributed by atoms with E-state index in [1.54, 1.807) is 12.1 Å². The van der Waals surface area contributed by atoms with Crippen LogP contribution in [0.5, 0.6) is 0 Å². The van der Waals surface area contributed by atoms with Crippen LogP contribution in [-0.2, 0) is 11.2 Å². The number of rotatable bonds is 4. The molecule has 0 aromatic heterocycles. The summed E-state index contributed by atoms with van der Waals surface area (Å²) in [4.78, 5) is 14.0. The number of nitrogens with two attached hydrogens (primary N) is 1. The normalized spacial score (nSPS) is 19.2. The van der Waals surface area contributed by atoms with E-state index in [0.717, 1.165) is 19.4 Å². The predicted molar refractivity (Wildman–Crippen MR) is 85.4 cm³/mol. The van der Waals surface area contributed by atoms with Crippen molar-refractivity contribution in [2.24, 2.45) is 5.73 Å². The molecule has 0 aliphatic carbocycles. The molecule has 1 saturated heterocycles. The SMILES string of the molecule is CC(N)CC(=O)N1CCCC1Cc1c(F)cccc1Cl.Cl. The van der Waals surface area contributed by atoms with Gasteiger partial charge >= 0.3 is 0 Å². The summed E-state index contributed by atoms with van der Waals surface area (Å²) >= 11 is 6.06. The van der Waals surface area contributed by atoms with Gasteiger partial charge in [0.15, 0.2) is 0 Å². The Morgan fingerprint density at radius 2 is 2.29 bits per heavy atom. The van der Waals surface area contributed by atoms with Gasteiger partial charge < -0.3 is 10.6 Å². The van der Waals surface area contributed by atoms with Gasteiger partial charge in [0.05, 0.1) is 0 Å². The average molecular weight is 335 g/mol. The van der Waals surface area contributed by atoms with Crippen LogP contribution in [0.25, 0.3) is 0 Å². The third-order valence-corrected chi connectivity index (χ3v) is 4.05. The van der Waals surface area contributed by atoms with Crippen LogP contribution in [0.15, 0.2) is 18.2 Å². The van der Waals surface area contributed by atoms with Crippen LogP contribution in [0.4, 0.5) is 4.39 Å². The maximum absolute atomic E-state index is 13.8. The summed E-state index contributed by atoms with van der Waals surface area (Å²) < 4.78 is 13.8. The monoisotopic (exact) mass is 334 g/mol. The zero-order valence-electron chi connectivity index (χ0n) is 12.0. The molecule has 2 unspecified atom stereocenters. The Kier molecular flexibility index (Phi) is 6.91. The molecule has 0 spiro atoms. The van der Waals surface area contributed by atoms with Crippen LogP contribution < -0.4 is 5.73 Å². The zero-order valence-corrected chi connectivity index (χ0v) is 13.6. The van der Waals surface area contributed by atoms with E-state index in [9.17, 15) is 9.18 Å². The largest absolute Gasteiger partial charge is 0.339 e. The molecule has 2 atom stereocenters. The number of hydrogen-bond donors (Lipinski definition) is 1. The van der Waals surface area contributed by atoms with Crippen molar-refractivity contribution in [3.05, 3.63) is 34.6 Å². The maximum atomic E-state index is 13.8.